The highest BCUT2D eigenvalue weighted by Crippen LogP contribution is 2.25. The molecule has 1 aromatic heterocycles. The molecule has 1 N–H and O–H groups in total. The number of amides is 1. The van der Waals surface area contributed by atoms with E-state index in [-0.39, 0.29) is 11.9 Å². The Balaban J connectivity index is 1.55. The summed E-state index contributed by atoms with van der Waals surface area (Å²) >= 11 is 0. The number of carbonyl (C=O) groups excluding carboxylic acids is 1. The van der Waals surface area contributed by atoms with Crippen LogP contribution in [0.3, 0.4) is 0 Å². The van der Waals surface area contributed by atoms with Crippen molar-refractivity contribution in [3.8, 4) is 11.3 Å². The van der Waals surface area contributed by atoms with E-state index in [1.54, 1.807) is 6.92 Å². The molecule has 0 bridgehead atoms. The lowest BCUT2D eigenvalue weighted by molar-refractivity contribution is -0.119. The van der Waals surface area contributed by atoms with Crippen molar-refractivity contribution in [3.63, 3.8) is 0 Å². The first-order chi connectivity index (χ1) is 13.2. The summed E-state index contributed by atoms with van der Waals surface area (Å²) in [5.41, 5.74) is 2.04. The quantitative estimate of drug-likeness (QED) is 0.772. The summed E-state index contributed by atoms with van der Waals surface area (Å²) in [4.78, 5) is 22.9. The van der Waals surface area contributed by atoms with Gasteiger partial charge in [-0.2, -0.15) is 0 Å². The molecule has 0 spiro atoms. The van der Waals surface area contributed by atoms with Gasteiger partial charge in [0.25, 0.3) is 0 Å². The normalized spacial score (nSPS) is 17.5. The first-order valence-electron chi connectivity index (χ1n) is 9.53. The van der Waals surface area contributed by atoms with Gasteiger partial charge in [-0.05, 0) is 42.2 Å². The third-order valence-corrected chi connectivity index (χ3v) is 5.11. The van der Waals surface area contributed by atoms with Gasteiger partial charge < -0.3 is 10.2 Å². The SMILES string of the molecule is CC(=O)NC1CCCN(c2nccc(-c3ccc4ccccc4c3)n2)CC1. The van der Waals surface area contributed by atoms with Crippen molar-refractivity contribution in [2.75, 3.05) is 18.0 Å². The lowest BCUT2D eigenvalue weighted by atomic mass is 10.1. The topological polar surface area (TPSA) is 58.1 Å². The molecule has 1 aliphatic rings. The highest BCUT2D eigenvalue weighted by molar-refractivity contribution is 5.86. The van der Waals surface area contributed by atoms with Gasteiger partial charge in [-0.25, -0.2) is 9.97 Å². The zero-order valence-electron chi connectivity index (χ0n) is 15.6. The molecule has 1 atom stereocenters. The summed E-state index contributed by atoms with van der Waals surface area (Å²) in [6.07, 6.45) is 4.78. The average molecular weight is 360 g/mol. The lowest BCUT2D eigenvalue weighted by Gasteiger charge is -2.21. The molecule has 5 heteroatoms. The largest absolute Gasteiger partial charge is 0.354 e. The Morgan fingerprint density at radius 2 is 1.93 bits per heavy atom. The van der Waals surface area contributed by atoms with E-state index < -0.39 is 0 Å². The number of hydrogen-bond donors (Lipinski definition) is 1. The molecule has 0 aliphatic carbocycles. The van der Waals surface area contributed by atoms with E-state index in [2.05, 4.69) is 57.7 Å². The molecule has 2 aromatic carbocycles. The van der Waals surface area contributed by atoms with Crippen LogP contribution in [-0.4, -0.2) is 35.0 Å². The minimum Gasteiger partial charge on any atom is -0.354 e. The fourth-order valence-corrected chi connectivity index (χ4v) is 3.74. The number of rotatable bonds is 3. The number of carbonyl (C=O) groups is 1. The van der Waals surface area contributed by atoms with Gasteiger partial charge in [-0.15, -0.1) is 0 Å². The van der Waals surface area contributed by atoms with Crippen molar-refractivity contribution < 1.29 is 4.79 Å². The molecule has 1 fully saturated rings. The maximum absolute atomic E-state index is 11.3. The van der Waals surface area contributed by atoms with E-state index in [1.807, 2.05) is 12.3 Å². The minimum absolute atomic E-state index is 0.0444. The summed E-state index contributed by atoms with van der Waals surface area (Å²) in [5, 5.41) is 5.48. The van der Waals surface area contributed by atoms with Gasteiger partial charge in [0.2, 0.25) is 11.9 Å². The Morgan fingerprint density at radius 1 is 1.07 bits per heavy atom. The van der Waals surface area contributed by atoms with E-state index in [9.17, 15) is 4.79 Å². The summed E-state index contributed by atoms with van der Waals surface area (Å²) in [7, 11) is 0. The number of nitrogens with one attached hydrogen (secondary N) is 1. The molecule has 4 rings (SSSR count). The fraction of sp³-hybridized carbons (Fsp3) is 0.318. The molecular weight excluding hydrogens is 336 g/mol. The van der Waals surface area contributed by atoms with E-state index >= 15 is 0 Å². The molecule has 1 unspecified atom stereocenters. The summed E-state index contributed by atoms with van der Waals surface area (Å²) in [5.74, 6) is 0.812. The smallest absolute Gasteiger partial charge is 0.225 e. The number of hydrogen-bond acceptors (Lipinski definition) is 4. The van der Waals surface area contributed by atoms with Gasteiger partial charge in [0.1, 0.15) is 0 Å². The Labute approximate surface area is 159 Å². The number of nitrogens with zero attached hydrogens (tertiary/aromatic N) is 3. The van der Waals surface area contributed by atoms with Crippen LogP contribution in [0.2, 0.25) is 0 Å². The number of anilines is 1. The van der Waals surface area contributed by atoms with Crippen LogP contribution in [0, 0.1) is 0 Å². The average Bonchev–Trinajstić information content (AvgIpc) is 2.93. The lowest BCUT2D eigenvalue weighted by Crippen LogP contribution is -2.34. The van der Waals surface area contributed by atoms with Crippen LogP contribution < -0.4 is 10.2 Å². The van der Waals surface area contributed by atoms with Crippen LogP contribution in [0.1, 0.15) is 26.2 Å². The highest BCUT2D eigenvalue weighted by atomic mass is 16.1. The second-order valence-corrected chi connectivity index (χ2v) is 7.12. The first kappa shape index (κ1) is 17.5. The van der Waals surface area contributed by atoms with Gasteiger partial charge in [0.15, 0.2) is 0 Å². The molecule has 1 saturated heterocycles. The second-order valence-electron chi connectivity index (χ2n) is 7.12. The maximum Gasteiger partial charge on any atom is 0.225 e. The van der Waals surface area contributed by atoms with Crippen LogP contribution >= 0.6 is 0 Å². The fourth-order valence-electron chi connectivity index (χ4n) is 3.74. The van der Waals surface area contributed by atoms with Crippen LogP contribution in [0.5, 0.6) is 0 Å². The van der Waals surface area contributed by atoms with E-state index in [4.69, 9.17) is 4.98 Å². The Hall–Kier alpha value is -2.95. The minimum atomic E-state index is 0.0444. The van der Waals surface area contributed by atoms with Gasteiger partial charge in [-0.1, -0.05) is 36.4 Å². The van der Waals surface area contributed by atoms with E-state index in [1.165, 1.54) is 10.8 Å². The van der Waals surface area contributed by atoms with E-state index in [0.717, 1.165) is 49.6 Å². The Morgan fingerprint density at radius 3 is 2.78 bits per heavy atom. The van der Waals surface area contributed by atoms with Gasteiger partial charge in [0.05, 0.1) is 5.69 Å². The molecule has 27 heavy (non-hydrogen) atoms. The second kappa shape index (κ2) is 7.74. The molecule has 0 saturated carbocycles. The standard InChI is InChI=1S/C22H24N4O/c1-16(27)24-20-7-4-13-26(14-11-20)22-23-12-10-21(25-22)19-9-8-17-5-2-3-6-18(17)15-19/h2-3,5-6,8-10,12,15,20H,4,7,11,13-14H2,1H3,(H,24,27). The summed E-state index contributed by atoms with van der Waals surface area (Å²) in [6.45, 7) is 3.35. The van der Waals surface area contributed by atoms with Crippen LogP contribution in [0.15, 0.2) is 54.7 Å². The first-order valence-corrected chi connectivity index (χ1v) is 9.53. The summed E-state index contributed by atoms with van der Waals surface area (Å²) < 4.78 is 0. The molecule has 1 amide bonds. The highest BCUT2D eigenvalue weighted by Gasteiger charge is 2.19. The third kappa shape index (κ3) is 4.08. The van der Waals surface area contributed by atoms with Crippen molar-refractivity contribution in [3.05, 3.63) is 54.7 Å². The zero-order valence-corrected chi connectivity index (χ0v) is 15.6. The predicted molar refractivity (Wildman–Crippen MR) is 109 cm³/mol. The molecule has 2 heterocycles. The monoisotopic (exact) mass is 360 g/mol. The van der Waals surface area contributed by atoms with Gasteiger partial charge in [0, 0.05) is 37.8 Å². The molecule has 5 nitrogen and oxygen atoms in total. The van der Waals surface area contributed by atoms with Crippen LogP contribution in [0.25, 0.3) is 22.0 Å². The number of benzene rings is 2. The Kier molecular flexibility index (Phi) is 5.01. The van der Waals surface area contributed by atoms with Crippen molar-refractivity contribution in [1.82, 2.24) is 15.3 Å². The molecule has 0 radical (unpaired) electrons. The van der Waals surface area contributed by atoms with Gasteiger partial charge in [-0.3, -0.25) is 4.79 Å². The van der Waals surface area contributed by atoms with Crippen LogP contribution in [-0.2, 0) is 4.79 Å². The van der Waals surface area contributed by atoms with E-state index in [0.29, 0.717) is 0 Å². The predicted octanol–water partition coefficient (Wildman–Crippen LogP) is 3.79. The number of fused-ring (bicyclic) bond motifs is 1. The molecule has 3 aromatic rings. The molecular formula is C22H24N4O. The van der Waals surface area contributed by atoms with Crippen molar-refractivity contribution in [2.24, 2.45) is 0 Å². The zero-order chi connectivity index (χ0) is 18.6. The van der Waals surface area contributed by atoms with Crippen LogP contribution in [0.4, 0.5) is 5.95 Å². The Bertz CT molecular complexity index is 956. The van der Waals surface area contributed by atoms with Crippen molar-refractivity contribution in [1.29, 1.82) is 0 Å². The number of aromatic nitrogens is 2. The summed E-state index contributed by atoms with van der Waals surface area (Å²) in [6, 6.07) is 17.0. The van der Waals surface area contributed by atoms with Crippen molar-refractivity contribution in [2.45, 2.75) is 32.2 Å². The van der Waals surface area contributed by atoms with Gasteiger partial charge >= 0.3 is 0 Å². The third-order valence-electron chi connectivity index (χ3n) is 5.11. The molecule has 138 valence electrons. The molecule has 1 aliphatic heterocycles. The van der Waals surface area contributed by atoms with Crippen molar-refractivity contribution >= 4 is 22.6 Å². The maximum atomic E-state index is 11.3.